The Morgan fingerprint density at radius 3 is 2.89 bits per heavy atom. The lowest BCUT2D eigenvalue weighted by Crippen LogP contribution is -2.51. The quantitative estimate of drug-likeness (QED) is 0.771. The Balaban J connectivity index is 1.82. The summed E-state index contributed by atoms with van der Waals surface area (Å²) < 4.78 is 0. The van der Waals surface area contributed by atoms with E-state index in [0.717, 1.165) is 13.0 Å². The molecule has 96 valence electrons. The Morgan fingerprint density at radius 2 is 2.06 bits per heavy atom. The molecule has 2 fully saturated rings. The number of piperazine rings is 1. The minimum Gasteiger partial charge on any atom is -0.350 e. The first-order valence-corrected chi connectivity index (χ1v) is 6.51. The minimum atomic E-state index is 0.0827. The molecule has 0 N–H and O–H groups in total. The van der Waals surface area contributed by atoms with Crippen LogP contribution in [0.1, 0.15) is 12.8 Å². The SMILES string of the molecule is O=C1CCC2CN(c3nc(Cl)nnc3Cl)CCN12. The summed E-state index contributed by atoms with van der Waals surface area (Å²) in [5.41, 5.74) is 0. The zero-order chi connectivity index (χ0) is 12.7. The van der Waals surface area contributed by atoms with E-state index in [0.29, 0.717) is 25.3 Å². The molecule has 3 rings (SSSR count). The fourth-order valence-corrected chi connectivity index (χ4v) is 2.86. The van der Waals surface area contributed by atoms with E-state index in [1.807, 2.05) is 9.80 Å². The average molecular weight is 288 g/mol. The molecule has 0 aliphatic carbocycles. The second-order valence-corrected chi connectivity index (χ2v) is 5.12. The van der Waals surface area contributed by atoms with Gasteiger partial charge in [0.05, 0.1) is 0 Å². The molecule has 2 aliphatic rings. The smallest absolute Gasteiger partial charge is 0.245 e. The molecule has 1 atom stereocenters. The van der Waals surface area contributed by atoms with Gasteiger partial charge in [-0.25, -0.2) is 0 Å². The van der Waals surface area contributed by atoms with Gasteiger partial charge in [-0.05, 0) is 18.0 Å². The summed E-state index contributed by atoms with van der Waals surface area (Å²) in [6.45, 7) is 2.11. The van der Waals surface area contributed by atoms with Crippen molar-refractivity contribution in [2.45, 2.75) is 18.9 Å². The number of halogens is 2. The van der Waals surface area contributed by atoms with Crippen molar-refractivity contribution in [1.82, 2.24) is 20.1 Å². The van der Waals surface area contributed by atoms with Crippen LogP contribution in [0, 0.1) is 0 Å². The number of rotatable bonds is 1. The lowest BCUT2D eigenvalue weighted by Gasteiger charge is -2.38. The number of carbonyl (C=O) groups is 1. The molecule has 2 aliphatic heterocycles. The highest BCUT2D eigenvalue weighted by Gasteiger charge is 2.36. The van der Waals surface area contributed by atoms with Crippen molar-refractivity contribution in [3.8, 4) is 0 Å². The van der Waals surface area contributed by atoms with Crippen LogP contribution in [0.15, 0.2) is 0 Å². The number of hydrogen-bond acceptors (Lipinski definition) is 5. The average Bonchev–Trinajstić information content (AvgIpc) is 2.74. The number of amides is 1. The monoisotopic (exact) mass is 287 g/mol. The van der Waals surface area contributed by atoms with Gasteiger partial charge in [0, 0.05) is 32.1 Å². The van der Waals surface area contributed by atoms with E-state index in [9.17, 15) is 4.79 Å². The first kappa shape index (κ1) is 11.9. The van der Waals surface area contributed by atoms with Gasteiger partial charge in [-0.2, -0.15) is 4.98 Å². The van der Waals surface area contributed by atoms with Crippen LogP contribution in [-0.2, 0) is 4.79 Å². The molecule has 2 saturated heterocycles. The molecule has 6 nitrogen and oxygen atoms in total. The maximum atomic E-state index is 11.6. The third-order valence-electron chi connectivity index (χ3n) is 3.40. The second-order valence-electron chi connectivity index (χ2n) is 4.42. The maximum Gasteiger partial charge on any atom is 0.245 e. The summed E-state index contributed by atoms with van der Waals surface area (Å²) in [7, 11) is 0. The van der Waals surface area contributed by atoms with Gasteiger partial charge >= 0.3 is 0 Å². The van der Waals surface area contributed by atoms with Crippen LogP contribution in [0.5, 0.6) is 0 Å². The van der Waals surface area contributed by atoms with Gasteiger partial charge in [0.2, 0.25) is 11.2 Å². The predicted octanol–water partition coefficient (Wildman–Crippen LogP) is 0.989. The largest absolute Gasteiger partial charge is 0.350 e. The molecular formula is C10H11Cl2N5O. The van der Waals surface area contributed by atoms with Crippen molar-refractivity contribution in [3.05, 3.63) is 10.4 Å². The van der Waals surface area contributed by atoms with Crippen LogP contribution in [0.2, 0.25) is 10.4 Å². The van der Waals surface area contributed by atoms with Crippen molar-refractivity contribution in [2.24, 2.45) is 0 Å². The zero-order valence-electron chi connectivity index (χ0n) is 9.51. The van der Waals surface area contributed by atoms with Crippen molar-refractivity contribution in [1.29, 1.82) is 0 Å². The summed E-state index contributed by atoms with van der Waals surface area (Å²) in [5.74, 6) is 0.792. The van der Waals surface area contributed by atoms with Crippen molar-refractivity contribution in [2.75, 3.05) is 24.5 Å². The Labute approximate surface area is 114 Å². The van der Waals surface area contributed by atoms with Gasteiger partial charge in [0.15, 0.2) is 11.0 Å². The molecule has 8 heteroatoms. The minimum absolute atomic E-state index is 0.0827. The number of fused-ring (bicyclic) bond motifs is 1. The molecule has 0 aromatic carbocycles. The zero-order valence-corrected chi connectivity index (χ0v) is 11.0. The number of anilines is 1. The molecule has 3 heterocycles. The molecule has 0 radical (unpaired) electrons. The van der Waals surface area contributed by atoms with Gasteiger partial charge < -0.3 is 9.80 Å². The van der Waals surface area contributed by atoms with E-state index >= 15 is 0 Å². The molecule has 0 spiro atoms. The highest BCUT2D eigenvalue weighted by molar-refractivity contribution is 6.32. The highest BCUT2D eigenvalue weighted by atomic mass is 35.5. The Bertz CT molecular complexity index is 497. The van der Waals surface area contributed by atoms with Crippen molar-refractivity contribution in [3.63, 3.8) is 0 Å². The third kappa shape index (κ3) is 1.99. The fraction of sp³-hybridized carbons (Fsp3) is 0.600. The van der Waals surface area contributed by atoms with Crippen molar-refractivity contribution < 1.29 is 4.79 Å². The summed E-state index contributed by atoms with van der Waals surface area (Å²) in [4.78, 5) is 19.7. The van der Waals surface area contributed by atoms with Gasteiger partial charge in [-0.3, -0.25) is 4.79 Å². The topological polar surface area (TPSA) is 62.2 Å². The van der Waals surface area contributed by atoms with Crippen LogP contribution in [0.3, 0.4) is 0 Å². The number of nitrogens with zero attached hydrogens (tertiary/aromatic N) is 5. The van der Waals surface area contributed by atoms with Gasteiger partial charge in [0.25, 0.3) is 0 Å². The number of aromatic nitrogens is 3. The van der Waals surface area contributed by atoms with Crippen LogP contribution in [0.4, 0.5) is 5.82 Å². The summed E-state index contributed by atoms with van der Waals surface area (Å²) in [5, 5.41) is 7.68. The first-order chi connectivity index (χ1) is 8.65. The summed E-state index contributed by atoms with van der Waals surface area (Å²) in [6, 6.07) is 0.246. The molecule has 0 saturated carbocycles. The maximum absolute atomic E-state index is 11.6. The summed E-state index contributed by atoms with van der Waals surface area (Å²) in [6.07, 6.45) is 1.52. The van der Waals surface area contributed by atoms with E-state index in [2.05, 4.69) is 15.2 Å². The van der Waals surface area contributed by atoms with Crippen LogP contribution < -0.4 is 4.90 Å². The second kappa shape index (κ2) is 4.51. The molecule has 0 bridgehead atoms. The predicted molar refractivity (Wildman–Crippen MR) is 66.8 cm³/mol. The van der Waals surface area contributed by atoms with E-state index in [-0.39, 0.29) is 22.4 Å². The Hall–Kier alpha value is -1.14. The lowest BCUT2D eigenvalue weighted by molar-refractivity contribution is -0.129. The third-order valence-corrected chi connectivity index (χ3v) is 3.80. The molecule has 18 heavy (non-hydrogen) atoms. The standard InChI is InChI=1S/C10H11Cl2N5O/c11-8-9(13-10(12)15-14-8)16-3-4-17-6(5-16)1-2-7(17)18/h6H,1-5H2. The molecule has 1 amide bonds. The number of hydrogen-bond donors (Lipinski definition) is 0. The normalized spacial score (nSPS) is 23.4. The Kier molecular flexibility index (Phi) is 2.99. The van der Waals surface area contributed by atoms with Crippen LogP contribution in [0.25, 0.3) is 0 Å². The summed E-state index contributed by atoms with van der Waals surface area (Å²) >= 11 is 11.7. The number of carbonyl (C=O) groups excluding carboxylic acids is 1. The van der Waals surface area contributed by atoms with E-state index < -0.39 is 0 Å². The van der Waals surface area contributed by atoms with E-state index in [1.54, 1.807) is 0 Å². The Morgan fingerprint density at radius 1 is 1.22 bits per heavy atom. The van der Waals surface area contributed by atoms with Crippen LogP contribution >= 0.6 is 23.2 Å². The van der Waals surface area contributed by atoms with Crippen molar-refractivity contribution >= 4 is 34.9 Å². The van der Waals surface area contributed by atoms with E-state index in [4.69, 9.17) is 23.2 Å². The van der Waals surface area contributed by atoms with E-state index in [1.165, 1.54) is 0 Å². The van der Waals surface area contributed by atoms with Gasteiger partial charge in [-0.1, -0.05) is 11.6 Å². The van der Waals surface area contributed by atoms with Crippen LogP contribution in [-0.4, -0.2) is 51.7 Å². The first-order valence-electron chi connectivity index (χ1n) is 5.75. The lowest BCUT2D eigenvalue weighted by atomic mass is 10.1. The fourth-order valence-electron chi connectivity index (χ4n) is 2.54. The molecule has 1 unspecified atom stereocenters. The van der Waals surface area contributed by atoms with Gasteiger partial charge in [0.1, 0.15) is 0 Å². The molecular weight excluding hydrogens is 277 g/mol. The molecule has 1 aromatic rings. The highest BCUT2D eigenvalue weighted by Crippen LogP contribution is 2.28. The van der Waals surface area contributed by atoms with Gasteiger partial charge in [-0.15, -0.1) is 10.2 Å². The molecule has 1 aromatic heterocycles.